The first-order chi connectivity index (χ1) is 4.33. The fourth-order valence-corrected chi connectivity index (χ4v) is 0.397. The third-order valence-electron chi connectivity index (χ3n) is 0.769. The SMILES string of the molecule is N=Cc1ncc(F)cn1. The fourth-order valence-electron chi connectivity index (χ4n) is 0.397. The third-order valence-corrected chi connectivity index (χ3v) is 0.769. The average molecular weight is 125 g/mol. The van der Waals surface area contributed by atoms with Gasteiger partial charge < -0.3 is 5.41 Å². The molecule has 0 aliphatic heterocycles. The Morgan fingerprint density at radius 1 is 1.44 bits per heavy atom. The first-order valence-corrected chi connectivity index (χ1v) is 2.31. The van der Waals surface area contributed by atoms with Gasteiger partial charge in [-0.25, -0.2) is 14.4 Å². The van der Waals surface area contributed by atoms with Gasteiger partial charge in [0.2, 0.25) is 0 Å². The highest BCUT2D eigenvalue weighted by Crippen LogP contribution is 1.88. The van der Waals surface area contributed by atoms with E-state index in [1.54, 1.807) is 0 Å². The molecule has 1 heterocycles. The Hall–Kier alpha value is -1.32. The van der Waals surface area contributed by atoms with Crippen molar-refractivity contribution < 1.29 is 4.39 Å². The maximum atomic E-state index is 12.0. The van der Waals surface area contributed by atoms with E-state index < -0.39 is 5.82 Å². The van der Waals surface area contributed by atoms with Crippen LogP contribution in [0.2, 0.25) is 0 Å². The van der Waals surface area contributed by atoms with Gasteiger partial charge >= 0.3 is 0 Å². The van der Waals surface area contributed by atoms with Crippen LogP contribution in [-0.4, -0.2) is 16.2 Å². The van der Waals surface area contributed by atoms with Gasteiger partial charge in [-0.3, -0.25) is 0 Å². The summed E-state index contributed by atoms with van der Waals surface area (Å²) < 4.78 is 12.0. The van der Waals surface area contributed by atoms with Crippen molar-refractivity contribution >= 4 is 6.21 Å². The van der Waals surface area contributed by atoms with E-state index in [9.17, 15) is 4.39 Å². The van der Waals surface area contributed by atoms with Crippen LogP contribution in [-0.2, 0) is 0 Å². The Morgan fingerprint density at radius 2 is 2.00 bits per heavy atom. The molecule has 0 atom stereocenters. The van der Waals surface area contributed by atoms with Gasteiger partial charge in [-0.15, -0.1) is 0 Å². The number of hydrogen-bond acceptors (Lipinski definition) is 3. The second-order valence-corrected chi connectivity index (χ2v) is 1.40. The molecule has 0 amide bonds. The highest BCUT2D eigenvalue weighted by Gasteiger charge is 1.89. The molecule has 0 unspecified atom stereocenters. The standard InChI is InChI=1S/C5H4FN3/c6-4-2-8-5(1-7)9-3-4/h1-3,7H. The lowest BCUT2D eigenvalue weighted by Crippen LogP contribution is -1.91. The molecular weight excluding hydrogens is 121 g/mol. The fraction of sp³-hybridized carbons (Fsp3) is 0. The molecule has 0 radical (unpaired) electrons. The molecule has 1 aromatic rings. The van der Waals surface area contributed by atoms with E-state index in [0.29, 0.717) is 0 Å². The van der Waals surface area contributed by atoms with E-state index >= 15 is 0 Å². The van der Waals surface area contributed by atoms with E-state index in [-0.39, 0.29) is 5.82 Å². The van der Waals surface area contributed by atoms with E-state index in [4.69, 9.17) is 5.41 Å². The zero-order valence-electron chi connectivity index (χ0n) is 4.50. The Balaban J connectivity index is 3.01. The van der Waals surface area contributed by atoms with Crippen molar-refractivity contribution in [1.29, 1.82) is 5.41 Å². The van der Waals surface area contributed by atoms with Gasteiger partial charge in [0.15, 0.2) is 11.6 Å². The molecule has 0 aliphatic carbocycles. The van der Waals surface area contributed by atoms with Gasteiger partial charge in [0.05, 0.1) is 18.6 Å². The summed E-state index contributed by atoms with van der Waals surface area (Å²) in [6.07, 6.45) is 3.00. The lowest BCUT2D eigenvalue weighted by molar-refractivity contribution is 0.613. The molecule has 1 aromatic heterocycles. The van der Waals surface area contributed by atoms with Crippen molar-refractivity contribution in [2.24, 2.45) is 0 Å². The quantitative estimate of drug-likeness (QED) is 0.559. The number of halogens is 1. The Morgan fingerprint density at radius 3 is 2.44 bits per heavy atom. The molecule has 0 bridgehead atoms. The summed E-state index contributed by atoms with van der Waals surface area (Å²) in [6, 6.07) is 0. The first kappa shape index (κ1) is 5.81. The first-order valence-electron chi connectivity index (χ1n) is 2.31. The highest BCUT2D eigenvalue weighted by molar-refractivity contribution is 5.70. The maximum absolute atomic E-state index is 12.0. The second-order valence-electron chi connectivity index (χ2n) is 1.40. The Bertz CT molecular complexity index is 206. The Labute approximate surface area is 51.1 Å². The van der Waals surface area contributed by atoms with Crippen molar-refractivity contribution in [3.63, 3.8) is 0 Å². The molecular formula is C5H4FN3. The van der Waals surface area contributed by atoms with Crippen molar-refractivity contribution in [2.75, 3.05) is 0 Å². The summed E-state index contributed by atoms with van der Waals surface area (Å²) in [5.74, 6) is -0.267. The molecule has 0 aliphatic rings. The highest BCUT2D eigenvalue weighted by atomic mass is 19.1. The van der Waals surface area contributed by atoms with Crippen LogP contribution in [0.3, 0.4) is 0 Å². The number of rotatable bonds is 1. The minimum atomic E-state index is -0.486. The molecule has 46 valence electrons. The van der Waals surface area contributed by atoms with Crippen LogP contribution < -0.4 is 0 Å². The third kappa shape index (κ3) is 1.28. The van der Waals surface area contributed by atoms with Crippen LogP contribution in [0.15, 0.2) is 12.4 Å². The zero-order valence-corrected chi connectivity index (χ0v) is 4.50. The smallest absolute Gasteiger partial charge is 0.169 e. The predicted octanol–water partition coefficient (Wildman–Crippen LogP) is 0.613. The normalized spacial score (nSPS) is 9.00. The largest absolute Gasteiger partial charge is 0.305 e. The van der Waals surface area contributed by atoms with Crippen molar-refractivity contribution in [3.05, 3.63) is 24.0 Å². The van der Waals surface area contributed by atoms with Crippen LogP contribution in [0, 0.1) is 11.2 Å². The molecule has 1 N–H and O–H groups in total. The number of hydrogen-bond donors (Lipinski definition) is 1. The predicted molar refractivity (Wildman–Crippen MR) is 29.9 cm³/mol. The maximum Gasteiger partial charge on any atom is 0.169 e. The zero-order chi connectivity index (χ0) is 6.69. The van der Waals surface area contributed by atoms with Crippen molar-refractivity contribution in [2.45, 2.75) is 0 Å². The summed E-state index contributed by atoms with van der Waals surface area (Å²) in [7, 11) is 0. The van der Waals surface area contributed by atoms with Gasteiger partial charge in [0, 0.05) is 0 Å². The van der Waals surface area contributed by atoms with E-state index in [0.717, 1.165) is 18.6 Å². The molecule has 4 heteroatoms. The minimum absolute atomic E-state index is 0.219. The summed E-state index contributed by atoms with van der Waals surface area (Å²) in [5.41, 5.74) is 0. The van der Waals surface area contributed by atoms with E-state index in [1.165, 1.54) is 0 Å². The average Bonchev–Trinajstić information content (AvgIpc) is 1.90. The lowest BCUT2D eigenvalue weighted by atomic mass is 10.6. The van der Waals surface area contributed by atoms with Gasteiger partial charge in [-0.1, -0.05) is 0 Å². The van der Waals surface area contributed by atoms with Crippen LogP contribution >= 0.6 is 0 Å². The van der Waals surface area contributed by atoms with Gasteiger partial charge in [0.25, 0.3) is 0 Å². The molecule has 0 fully saturated rings. The molecule has 0 aromatic carbocycles. The second kappa shape index (κ2) is 2.30. The monoisotopic (exact) mass is 125 g/mol. The van der Waals surface area contributed by atoms with Crippen molar-refractivity contribution in [3.8, 4) is 0 Å². The Kier molecular flexibility index (Phi) is 1.48. The number of nitrogens with zero attached hydrogens (tertiary/aromatic N) is 2. The molecule has 1 rings (SSSR count). The summed E-state index contributed by atoms with van der Waals surface area (Å²) >= 11 is 0. The molecule has 0 spiro atoms. The minimum Gasteiger partial charge on any atom is -0.305 e. The molecule has 0 saturated carbocycles. The van der Waals surface area contributed by atoms with Crippen LogP contribution in [0.5, 0.6) is 0 Å². The summed E-state index contributed by atoms with van der Waals surface area (Å²) in [5, 5.41) is 6.64. The van der Waals surface area contributed by atoms with E-state index in [1.807, 2.05) is 0 Å². The van der Waals surface area contributed by atoms with Crippen LogP contribution in [0.4, 0.5) is 4.39 Å². The van der Waals surface area contributed by atoms with Crippen LogP contribution in [0.25, 0.3) is 0 Å². The van der Waals surface area contributed by atoms with Crippen molar-refractivity contribution in [1.82, 2.24) is 9.97 Å². The summed E-state index contributed by atoms with van der Waals surface area (Å²) in [4.78, 5) is 6.94. The summed E-state index contributed by atoms with van der Waals surface area (Å²) in [6.45, 7) is 0. The molecule has 3 nitrogen and oxygen atoms in total. The molecule has 9 heavy (non-hydrogen) atoms. The van der Waals surface area contributed by atoms with Crippen LogP contribution in [0.1, 0.15) is 5.82 Å². The topological polar surface area (TPSA) is 49.6 Å². The number of nitrogens with one attached hydrogen (secondary N) is 1. The molecule has 0 saturated heterocycles. The number of aromatic nitrogens is 2. The van der Waals surface area contributed by atoms with Gasteiger partial charge in [0.1, 0.15) is 0 Å². The van der Waals surface area contributed by atoms with Gasteiger partial charge in [-0.2, -0.15) is 0 Å². The lowest BCUT2D eigenvalue weighted by Gasteiger charge is -1.86. The van der Waals surface area contributed by atoms with E-state index in [2.05, 4.69) is 9.97 Å². The van der Waals surface area contributed by atoms with Gasteiger partial charge in [-0.05, 0) is 0 Å².